The lowest BCUT2D eigenvalue weighted by atomic mass is 10.0. The van der Waals surface area contributed by atoms with Gasteiger partial charge in [0.05, 0.1) is 17.7 Å². The lowest BCUT2D eigenvalue weighted by Gasteiger charge is -2.14. The van der Waals surface area contributed by atoms with E-state index in [4.69, 9.17) is 27.9 Å². The first kappa shape index (κ1) is 26.4. The van der Waals surface area contributed by atoms with Crippen LogP contribution in [-0.4, -0.2) is 31.1 Å². The van der Waals surface area contributed by atoms with Gasteiger partial charge in [-0.05, 0) is 48.2 Å². The molecule has 0 unspecified atom stereocenters. The van der Waals surface area contributed by atoms with Crippen LogP contribution in [0.5, 0.6) is 11.5 Å². The summed E-state index contributed by atoms with van der Waals surface area (Å²) in [7, 11) is -3.27. The van der Waals surface area contributed by atoms with Gasteiger partial charge < -0.3 is 15.2 Å². The number of methoxy groups -OCH3 is 1. The number of carbonyl (C=O) groups is 1. The molecule has 0 aromatic heterocycles. The van der Waals surface area contributed by atoms with Crippen LogP contribution in [0.3, 0.4) is 0 Å². The zero-order valence-electron chi connectivity index (χ0n) is 19.4. The van der Waals surface area contributed by atoms with Gasteiger partial charge >= 0.3 is 0 Å². The molecule has 0 aliphatic rings. The first-order valence-corrected chi connectivity index (χ1v) is 12.8. The highest BCUT2D eigenvalue weighted by molar-refractivity contribution is 7.86. The number of anilines is 1. The fourth-order valence-corrected chi connectivity index (χ4v) is 4.97. The van der Waals surface area contributed by atoms with Crippen LogP contribution in [-0.2, 0) is 10.1 Å². The highest BCUT2D eigenvalue weighted by atomic mass is 35.5. The zero-order chi connectivity index (χ0) is 26.9. The quantitative estimate of drug-likeness (QED) is 0.170. The summed E-state index contributed by atoms with van der Waals surface area (Å²) in [5.41, 5.74) is 0.114. The van der Waals surface area contributed by atoms with Gasteiger partial charge in [-0.1, -0.05) is 53.5 Å². The zero-order valence-corrected chi connectivity index (χ0v) is 21.7. The van der Waals surface area contributed by atoms with Gasteiger partial charge in [0.25, 0.3) is 16.0 Å². The van der Waals surface area contributed by atoms with Gasteiger partial charge in [-0.2, -0.15) is 8.42 Å². The van der Waals surface area contributed by atoms with Crippen LogP contribution in [0.15, 0.2) is 75.8 Å². The smallest absolute Gasteiger partial charge is 0.296 e. The van der Waals surface area contributed by atoms with E-state index in [0.717, 1.165) is 6.07 Å². The fourth-order valence-electron chi connectivity index (χ4n) is 3.70. The number of para-hydroxylation sites is 1. The summed E-state index contributed by atoms with van der Waals surface area (Å²) in [4.78, 5) is 12.7. The number of phenols is 1. The van der Waals surface area contributed by atoms with Crippen LogP contribution in [0.4, 0.5) is 17.1 Å². The number of aryl methyl sites for hydroxylation is 1. The van der Waals surface area contributed by atoms with Crippen molar-refractivity contribution in [2.75, 3.05) is 12.4 Å². The molecule has 1 amide bonds. The number of benzene rings is 4. The highest BCUT2D eigenvalue weighted by Crippen LogP contribution is 2.41. The topological polar surface area (TPSA) is 138 Å². The van der Waals surface area contributed by atoms with E-state index in [1.54, 1.807) is 42.5 Å². The fraction of sp³-hybridized carbons (Fsp3) is 0.0800. The molecule has 4 aromatic rings. The van der Waals surface area contributed by atoms with Crippen molar-refractivity contribution in [3.63, 3.8) is 0 Å². The number of halogens is 2. The van der Waals surface area contributed by atoms with Crippen molar-refractivity contribution >= 4 is 67.1 Å². The first-order chi connectivity index (χ1) is 17.5. The van der Waals surface area contributed by atoms with Crippen molar-refractivity contribution in [2.24, 2.45) is 10.2 Å². The van der Waals surface area contributed by atoms with Crippen molar-refractivity contribution < 1.29 is 27.6 Å². The van der Waals surface area contributed by atoms with E-state index in [1.807, 2.05) is 0 Å². The Morgan fingerprint density at radius 1 is 1.00 bits per heavy atom. The normalized spacial score (nSPS) is 11.7. The number of ether oxygens (including phenoxy) is 1. The van der Waals surface area contributed by atoms with E-state index in [0.29, 0.717) is 22.1 Å². The molecule has 0 saturated carbocycles. The average molecular weight is 560 g/mol. The molecule has 3 N–H and O–H groups in total. The van der Waals surface area contributed by atoms with Crippen molar-refractivity contribution in [2.45, 2.75) is 11.8 Å². The summed E-state index contributed by atoms with van der Waals surface area (Å²) in [6.45, 7) is 1.54. The van der Waals surface area contributed by atoms with E-state index >= 15 is 0 Å². The molecule has 4 aromatic carbocycles. The number of aromatic hydroxyl groups is 1. The molecule has 0 saturated heterocycles. The Balaban J connectivity index is 1.87. The minimum Gasteiger partial charge on any atom is -0.505 e. The number of carbonyl (C=O) groups excluding carboxylic acids is 1. The number of hydrogen-bond donors (Lipinski definition) is 3. The number of nitrogens with zero attached hydrogens (tertiary/aromatic N) is 2. The van der Waals surface area contributed by atoms with Gasteiger partial charge in [0, 0.05) is 10.4 Å². The molecule has 9 nitrogen and oxygen atoms in total. The van der Waals surface area contributed by atoms with Crippen molar-refractivity contribution in [1.82, 2.24) is 0 Å². The third-order valence-electron chi connectivity index (χ3n) is 5.43. The first-order valence-electron chi connectivity index (χ1n) is 10.6. The van der Waals surface area contributed by atoms with Crippen molar-refractivity contribution in [3.05, 3.63) is 81.8 Å². The Hall–Kier alpha value is -3.70. The second-order valence-corrected chi connectivity index (χ2v) is 10.1. The van der Waals surface area contributed by atoms with E-state index in [2.05, 4.69) is 15.5 Å². The van der Waals surface area contributed by atoms with Crippen molar-refractivity contribution in [1.29, 1.82) is 0 Å². The van der Waals surface area contributed by atoms with Crippen LogP contribution in [0.2, 0.25) is 10.0 Å². The average Bonchev–Trinajstić information content (AvgIpc) is 2.84. The molecule has 12 heteroatoms. The summed E-state index contributed by atoms with van der Waals surface area (Å²) >= 11 is 12.2. The Bertz CT molecular complexity index is 1690. The minimum atomic E-state index is -4.69. The van der Waals surface area contributed by atoms with E-state index < -0.39 is 26.7 Å². The number of azo groups is 1. The molecule has 0 aliphatic heterocycles. The highest BCUT2D eigenvalue weighted by Gasteiger charge is 2.22. The predicted molar refractivity (Wildman–Crippen MR) is 142 cm³/mol. The summed E-state index contributed by atoms with van der Waals surface area (Å²) in [6, 6.07) is 15.6. The number of nitrogens with one attached hydrogen (secondary N) is 1. The summed E-state index contributed by atoms with van der Waals surface area (Å²) < 4.78 is 38.7. The molecule has 0 bridgehead atoms. The molecule has 4 rings (SSSR count). The molecule has 190 valence electrons. The Labute approximate surface area is 222 Å². The molecule has 0 heterocycles. The third kappa shape index (κ3) is 5.37. The number of fused-ring (bicyclic) bond motifs is 1. The van der Waals surface area contributed by atoms with Gasteiger partial charge in [0.2, 0.25) is 0 Å². The van der Waals surface area contributed by atoms with E-state index in [-0.39, 0.29) is 32.7 Å². The van der Waals surface area contributed by atoms with Crippen LogP contribution in [0, 0.1) is 6.92 Å². The molecule has 37 heavy (non-hydrogen) atoms. The minimum absolute atomic E-state index is 0.0750. The summed E-state index contributed by atoms with van der Waals surface area (Å²) in [6.07, 6.45) is 0. The Morgan fingerprint density at radius 3 is 2.41 bits per heavy atom. The maximum atomic E-state index is 13.2. The van der Waals surface area contributed by atoms with Gasteiger partial charge in [0.1, 0.15) is 27.7 Å². The summed E-state index contributed by atoms with van der Waals surface area (Å²) in [5.74, 6) is -0.893. The molecular formula is C25H19Cl2N3O6S. The van der Waals surface area contributed by atoms with Crippen LogP contribution < -0.4 is 10.1 Å². The monoisotopic (exact) mass is 559 g/mol. The lowest BCUT2D eigenvalue weighted by Crippen LogP contribution is -2.13. The molecular weight excluding hydrogens is 541 g/mol. The number of phenolic OH excluding ortho intramolecular Hbond substituents is 1. The standard InChI is InChI=1S/C25H19Cl2N3O6S/c1-13-10-15(26)12-20(37(33,34)35)21(13)29-30-22-16-7-4-3-6-14(16)11-17(24(22)31)25(32)28-23-18(27)8-5-9-19(23)36-2/h3-12,31H,1-2H3,(H,28,32)(H,33,34,35). The maximum Gasteiger partial charge on any atom is 0.296 e. The van der Waals surface area contributed by atoms with Crippen molar-refractivity contribution in [3.8, 4) is 11.5 Å². The van der Waals surface area contributed by atoms with E-state index in [9.17, 15) is 22.9 Å². The molecule has 0 radical (unpaired) electrons. The lowest BCUT2D eigenvalue weighted by molar-refractivity contribution is 0.102. The largest absolute Gasteiger partial charge is 0.505 e. The van der Waals surface area contributed by atoms with Gasteiger partial charge in [-0.25, -0.2) is 0 Å². The SMILES string of the molecule is COc1cccc(Cl)c1NC(=O)c1cc2ccccc2c(N=Nc2c(C)cc(Cl)cc2S(=O)(=O)O)c1O. The second-order valence-electron chi connectivity index (χ2n) is 7.86. The number of hydrogen-bond acceptors (Lipinski definition) is 7. The van der Waals surface area contributed by atoms with Crippen LogP contribution in [0.25, 0.3) is 10.8 Å². The van der Waals surface area contributed by atoms with Gasteiger partial charge in [-0.15, -0.1) is 10.2 Å². The van der Waals surface area contributed by atoms with Crippen LogP contribution >= 0.6 is 23.2 Å². The number of rotatable bonds is 6. The third-order valence-corrected chi connectivity index (χ3v) is 6.83. The molecule has 0 atom stereocenters. The van der Waals surface area contributed by atoms with Gasteiger partial charge in [-0.3, -0.25) is 9.35 Å². The van der Waals surface area contributed by atoms with Gasteiger partial charge in [0.15, 0.2) is 5.75 Å². The molecule has 0 spiro atoms. The molecule has 0 fully saturated rings. The number of amides is 1. The summed E-state index contributed by atoms with van der Waals surface area (Å²) in [5, 5.41) is 23.1. The second kappa shape index (κ2) is 10.3. The maximum absolute atomic E-state index is 13.2. The molecule has 0 aliphatic carbocycles. The predicted octanol–water partition coefficient (Wildman–Crippen LogP) is 7.08. The Morgan fingerprint density at radius 2 is 1.70 bits per heavy atom. The van der Waals surface area contributed by atoms with E-state index in [1.165, 1.54) is 26.2 Å². The van der Waals surface area contributed by atoms with Crippen LogP contribution in [0.1, 0.15) is 15.9 Å². The Kier molecular flexibility index (Phi) is 7.37.